The highest BCUT2D eigenvalue weighted by Gasteiger charge is 2.31. The number of hydrogen-bond acceptors (Lipinski definition) is 5. The van der Waals surface area contributed by atoms with Gasteiger partial charge in [0.05, 0.1) is 12.6 Å². The van der Waals surface area contributed by atoms with Crippen LogP contribution in [0, 0.1) is 17.7 Å². The Balaban J connectivity index is 1.34. The molecule has 2 aromatic carbocycles. The van der Waals surface area contributed by atoms with Crippen molar-refractivity contribution in [2.24, 2.45) is 11.8 Å². The van der Waals surface area contributed by atoms with E-state index in [2.05, 4.69) is 9.88 Å². The number of carbonyl (C=O) groups is 1. The Morgan fingerprint density at radius 3 is 2.89 bits per heavy atom. The van der Waals surface area contributed by atoms with E-state index in [1.165, 1.54) is 12.1 Å². The molecule has 0 bridgehead atoms. The minimum Gasteiger partial charge on any atom is -0.497 e. The Hall–Kier alpha value is -2.71. The lowest BCUT2D eigenvalue weighted by Gasteiger charge is -2.38. The van der Waals surface area contributed by atoms with Crippen LogP contribution in [0.25, 0.3) is 10.9 Å². The van der Waals surface area contributed by atoms with Gasteiger partial charge < -0.3 is 14.7 Å². The van der Waals surface area contributed by atoms with Crippen molar-refractivity contribution in [2.75, 3.05) is 32.5 Å². The molecule has 4 rings (SSSR count). The number of piperidine rings is 1. The molecule has 0 radical (unpaired) electrons. The second-order valence-electron chi connectivity index (χ2n) is 9.34. The summed E-state index contributed by atoms with van der Waals surface area (Å²) in [5.74, 6) is 0.552. The van der Waals surface area contributed by atoms with Crippen LogP contribution in [0.15, 0.2) is 59.6 Å². The van der Waals surface area contributed by atoms with Crippen molar-refractivity contribution in [3.8, 4) is 5.75 Å². The Kier molecular flexibility index (Phi) is 9.15. The van der Waals surface area contributed by atoms with E-state index >= 15 is 4.39 Å². The summed E-state index contributed by atoms with van der Waals surface area (Å²) in [5.41, 5.74) is 1.32. The maximum atomic E-state index is 15.5. The molecule has 3 aromatic rings. The number of nitrogens with zero attached hydrogens (tertiary/aromatic N) is 2. The largest absolute Gasteiger partial charge is 0.497 e. The quantitative estimate of drug-likeness (QED) is 0.300. The van der Waals surface area contributed by atoms with Gasteiger partial charge in [-0.25, -0.2) is 8.78 Å². The maximum Gasteiger partial charge on any atom is 0.303 e. The molecular formula is C28H32F2N2O3S. The number of rotatable bonds is 11. The normalized spacial score (nSPS) is 19.3. The van der Waals surface area contributed by atoms with E-state index in [0.717, 1.165) is 41.1 Å². The number of aliphatic carboxylic acids is 1. The Labute approximate surface area is 214 Å². The van der Waals surface area contributed by atoms with Crippen molar-refractivity contribution in [3.05, 3.63) is 66.1 Å². The molecule has 1 aliphatic rings. The number of thioether (sulfide) groups is 1. The number of likely N-dealkylation sites (tertiary alicyclic amines) is 1. The Bertz CT molecular complexity index is 1180. The predicted octanol–water partition coefficient (Wildman–Crippen LogP) is 6.38. The minimum absolute atomic E-state index is 0.0168. The van der Waals surface area contributed by atoms with E-state index < -0.39 is 12.1 Å². The van der Waals surface area contributed by atoms with Gasteiger partial charge in [-0.15, -0.1) is 11.8 Å². The molecule has 2 heterocycles. The summed E-state index contributed by atoms with van der Waals surface area (Å²) < 4.78 is 34.2. The minimum atomic E-state index is -1.16. The molecule has 8 heteroatoms. The van der Waals surface area contributed by atoms with Gasteiger partial charge in [-0.1, -0.05) is 6.07 Å². The van der Waals surface area contributed by atoms with E-state index in [1.807, 2.05) is 24.3 Å². The fraction of sp³-hybridized carbons (Fsp3) is 0.429. The fourth-order valence-corrected chi connectivity index (χ4v) is 6.06. The highest BCUT2D eigenvalue weighted by atomic mass is 32.2. The van der Waals surface area contributed by atoms with Gasteiger partial charge in [0.2, 0.25) is 0 Å². The second kappa shape index (κ2) is 12.5. The molecule has 1 aromatic heterocycles. The molecule has 192 valence electrons. The first-order valence-electron chi connectivity index (χ1n) is 12.3. The molecular weight excluding hydrogens is 482 g/mol. The summed E-state index contributed by atoms with van der Waals surface area (Å²) in [6.07, 6.45) is 2.38. The van der Waals surface area contributed by atoms with Crippen molar-refractivity contribution < 1.29 is 23.4 Å². The molecule has 0 aliphatic carbocycles. The standard InChI is InChI=1S/C28H32F2N2O3S/c1-35-22-6-8-27-25(17-22)24(9-11-31-27)26(30)7-5-19-10-12-32(18-20(19)15-28(33)34)13-14-36-23-4-2-3-21(29)16-23/h2-4,6,8-9,11,16-17,19-20,26H,5,7,10,12-15,18H2,1H3,(H,33,34)/t19-,20+,26-/m1/s1. The smallest absolute Gasteiger partial charge is 0.303 e. The number of carboxylic acid groups (broad SMARTS) is 1. The van der Waals surface area contributed by atoms with Crippen LogP contribution in [0.4, 0.5) is 8.78 Å². The third-order valence-corrected chi connectivity index (χ3v) is 7.97. The van der Waals surface area contributed by atoms with Gasteiger partial charge in [0.1, 0.15) is 17.7 Å². The first kappa shape index (κ1) is 26.4. The van der Waals surface area contributed by atoms with Gasteiger partial charge in [0, 0.05) is 41.7 Å². The summed E-state index contributed by atoms with van der Waals surface area (Å²) >= 11 is 1.60. The summed E-state index contributed by atoms with van der Waals surface area (Å²) in [6, 6.07) is 13.7. The lowest BCUT2D eigenvalue weighted by Crippen LogP contribution is -2.42. The predicted molar refractivity (Wildman–Crippen MR) is 139 cm³/mol. The number of alkyl halides is 1. The number of ether oxygens (including phenoxy) is 1. The molecule has 0 saturated carbocycles. The first-order valence-corrected chi connectivity index (χ1v) is 13.3. The van der Waals surface area contributed by atoms with Crippen LogP contribution in [0.2, 0.25) is 0 Å². The number of pyridine rings is 1. The molecule has 0 unspecified atom stereocenters. The number of benzene rings is 2. The van der Waals surface area contributed by atoms with E-state index in [0.29, 0.717) is 30.7 Å². The van der Waals surface area contributed by atoms with Gasteiger partial charge in [-0.3, -0.25) is 9.78 Å². The molecule has 36 heavy (non-hydrogen) atoms. The molecule has 0 spiro atoms. The summed E-state index contributed by atoms with van der Waals surface area (Å²) in [4.78, 5) is 19.1. The van der Waals surface area contributed by atoms with Crippen LogP contribution in [-0.4, -0.2) is 53.5 Å². The van der Waals surface area contributed by atoms with Gasteiger partial charge in [-0.05, 0) is 85.7 Å². The highest BCUT2D eigenvalue weighted by Crippen LogP contribution is 2.36. The zero-order chi connectivity index (χ0) is 25.5. The van der Waals surface area contributed by atoms with Crippen molar-refractivity contribution in [1.82, 2.24) is 9.88 Å². The third kappa shape index (κ3) is 6.95. The SMILES string of the molecule is COc1ccc2nccc([C@H](F)CC[C@@H]3CCN(CCSc4cccc(F)c4)C[C@@H]3CC(=O)O)c2c1. The summed E-state index contributed by atoms with van der Waals surface area (Å²) in [6.45, 7) is 2.35. The summed E-state index contributed by atoms with van der Waals surface area (Å²) in [5, 5.41) is 10.2. The second-order valence-corrected chi connectivity index (χ2v) is 10.5. The number of methoxy groups -OCH3 is 1. The topological polar surface area (TPSA) is 62.7 Å². The van der Waals surface area contributed by atoms with Crippen LogP contribution in [0.3, 0.4) is 0 Å². The number of aromatic nitrogens is 1. The van der Waals surface area contributed by atoms with Gasteiger partial charge in [0.15, 0.2) is 0 Å². The van der Waals surface area contributed by atoms with E-state index in [9.17, 15) is 14.3 Å². The van der Waals surface area contributed by atoms with E-state index in [1.54, 1.807) is 37.2 Å². The third-order valence-electron chi connectivity index (χ3n) is 7.00. The van der Waals surface area contributed by atoms with Crippen molar-refractivity contribution in [3.63, 3.8) is 0 Å². The number of fused-ring (bicyclic) bond motifs is 1. The van der Waals surface area contributed by atoms with Crippen LogP contribution in [0.1, 0.15) is 37.4 Å². The number of hydrogen-bond donors (Lipinski definition) is 1. The van der Waals surface area contributed by atoms with Crippen LogP contribution >= 0.6 is 11.8 Å². The van der Waals surface area contributed by atoms with Crippen molar-refractivity contribution >= 4 is 28.6 Å². The molecule has 0 amide bonds. The Morgan fingerprint density at radius 1 is 1.25 bits per heavy atom. The fourth-order valence-electron chi connectivity index (χ4n) is 5.11. The molecule has 1 N–H and O–H groups in total. The lowest BCUT2D eigenvalue weighted by atomic mass is 9.79. The van der Waals surface area contributed by atoms with Crippen LogP contribution < -0.4 is 4.74 Å². The van der Waals surface area contributed by atoms with Gasteiger partial charge in [-0.2, -0.15) is 0 Å². The van der Waals surface area contributed by atoms with Crippen molar-refractivity contribution in [1.29, 1.82) is 0 Å². The van der Waals surface area contributed by atoms with E-state index in [4.69, 9.17) is 4.74 Å². The zero-order valence-corrected chi connectivity index (χ0v) is 21.2. The average Bonchev–Trinajstić information content (AvgIpc) is 2.87. The maximum absolute atomic E-state index is 15.5. The van der Waals surface area contributed by atoms with E-state index in [-0.39, 0.29) is 24.1 Å². The number of carboxylic acids is 1. The van der Waals surface area contributed by atoms with Crippen LogP contribution in [0.5, 0.6) is 5.75 Å². The zero-order valence-electron chi connectivity index (χ0n) is 20.4. The van der Waals surface area contributed by atoms with Crippen LogP contribution in [-0.2, 0) is 4.79 Å². The Morgan fingerprint density at radius 2 is 2.11 bits per heavy atom. The number of halogens is 2. The average molecular weight is 515 g/mol. The van der Waals surface area contributed by atoms with Gasteiger partial charge in [0.25, 0.3) is 0 Å². The van der Waals surface area contributed by atoms with Gasteiger partial charge >= 0.3 is 5.97 Å². The molecule has 3 atom stereocenters. The molecule has 1 saturated heterocycles. The summed E-state index contributed by atoms with van der Waals surface area (Å²) in [7, 11) is 1.58. The highest BCUT2D eigenvalue weighted by molar-refractivity contribution is 7.99. The molecule has 1 fully saturated rings. The lowest BCUT2D eigenvalue weighted by molar-refractivity contribution is -0.139. The monoisotopic (exact) mass is 514 g/mol. The molecule has 5 nitrogen and oxygen atoms in total. The molecule has 1 aliphatic heterocycles. The van der Waals surface area contributed by atoms with Crippen molar-refractivity contribution in [2.45, 2.75) is 36.8 Å². The first-order chi connectivity index (χ1) is 17.4.